The molecule has 0 aliphatic carbocycles. The Labute approximate surface area is 114 Å². The zero-order valence-electron chi connectivity index (χ0n) is 10.7. The molecule has 0 fully saturated rings. The van der Waals surface area contributed by atoms with Crippen molar-refractivity contribution in [2.75, 3.05) is 5.32 Å². The minimum atomic E-state index is -2.42. The smallest absolute Gasteiger partial charge is 0.263 e. The van der Waals surface area contributed by atoms with Crippen LogP contribution in [0.4, 0.5) is 13.9 Å². The Bertz CT molecular complexity index is 523. The second-order valence-electron chi connectivity index (χ2n) is 4.51. The molecule has 19 heavy (non-hydrogen) atoms. The van der Waals surface area contributed by atoms with Crippen LogP contribution in [0.15, 0.2) is 24.3 Å². The van der Waals surface area contributed by atoms with Crippen molar-refractivity contribution in [3.05, 3.63) is 41.2 Å². The molecule has 6 heteroatoms. The van der Waals surface area contributed by atoms with E-state index in [4.69, 9.17) is 0 Å². The van der Waals surface area contributed by atoms with Crippen LogP contribution in [0.3, 0.4) is 0 Å². The molecular formula is C13H15F2N3S. The van der Waals surface area contributed by atoms with E-state index in [0.29, 0.717) is 12.5 Å². The second kappa shape index (κ2) is 6.06. The number of nitrogens with zero attached hydrogens (tertiary/aromatic N) is 2. The molecule has 0 radical (unpaired) electrons. The molecule has 1 aromatic heterocycles. The van der Waals surface area contributed by atoms with E-state index < -0.39 is 6.43 Å². The standard InChI is InChI=1S/C13H15F2N3S/c1-8(2)12-17-13(19-18-12)16-7-9-3-5-10(6-4-9)11(14)15/h3-6,8,11H,7H2,1-2H3,(H,16,17,18). The fraction of sp³-hybridized carbons (Fsp3) is 0.385. The maximum atomic E-state index is 12.4. The lowest BCUT2D eigenvalue weighted by Crippen LogP contribution is -2.00. The molecule has 0 amide bonds. The molecule has 0 bridgehead atoms. The SMILES string of the molecule is CC(C)c1nsc(NCc2ccc(C(F)F)cc2)n1. The third-order valence-electron chi connectivity index (χ3n) is 2.63. The van der Waals surface area contributed by atoms with Crippen LogP contribution >= 0.6 is 11.5 Å². The monoisotopic (exact) mass is 283 g/mol. The summed E-state index contributed by atoms with van der Waals surface area (Å²) in [6, 6.07) is 6.28. The summed E-state index contributed by atoms with van der Waals surface area (Å²) in [4.78, 5) is 4.35. The highest BCUT2D eigenvalue weighted by atomic mass is 32.1. The minimum Gasteiger partial charge on any atom is -0.356 e. The summed E-state index contributed by atoms with van der Waals surface area (Å²) in [5.74, 6) is 1.12. The molecule has 1 heterocycles. The molecular weight excluding hydrogens is 268 g/mol. The predicted octanol–water partition coefficient (Wildman–Crippen LogP) is 4.21. The van der Waals surface area contributed by atoms with Gasteiger partial charge in [-0.3, -0.25) is 0 Å². The van der Waals surface area contributed by atoms with Crippen LogP contribution in [0.25, 0.3) is 0 Å². The third-order valence-corrected chi connectivity index (χ3v) is 3.32. The maximum absolute atomic E-state index is 12.4. The molecule has 0 unspecified atom stereocenters. The zero-order chi connectivity index (χ0) is 13.8. The number of anilines is 1. The molecule has 0 aliphatic heterocycles. The number of hydrogen-bond acceptors (Lipinski definition) is 4. The van der Waals surface area contributed by atoms with E-state index in [2.05, 4.69) is 14.7 Å². The van der Waals surface area contributed by atoms with Gasteiger partial charge in [0.2, 0.25) is 5.13 Å². The fourth-order valence-electron chi connectivity index (χ4n) is 1.50. The number of aromatic nitrogens is 2. The first-order valence-electron chi connectivity index (χ1n) is 6.00. The van der Waals surface area contributed by atoms with Crippen molar-refractivity contribution in [2.24, 2.45) is 0 Å². The van der Waals surface area contributed by atoms with Gasteiger partial charge in [-0.1, -0.05) is 38.1 Å². The molecule has 0 saturated heterocycles. The minimum absolute atomic E-state index is 0.0433. The molecule has 0 spiro atoms. The van der Waals surface area contributed by atoms with E-state index in [0.717, 1.165) is 16.5 Å². The molecule has 2 rings (SSSR count). The maximum Gasteiger partial charge on any atom is 0.263 e. The van der Waals surface area contributed by atoms with Crippen LogP contribution in [0.1, 0.15) is 43.1 Å². The molecule has 1 N–H and O–H groups in total. The molecule has 102 valence electrons. The van der Waals surface area contributed by atoms with Gasteiger partial charge < -0.3 is 5.32 Å². The predicted molar refractivity (Wildman–Crippen MR) is 72.7 cm³/mol. The highest BCUT2D eigenvalue weighted by Gasteiger charge is 2.08. The molecule has 2 aromatic rings. The zero-order valence-corrected chi connectivity index (χ0v) is 11.5. The van der Waals surface area contributed by atoms with Crippen molar-refractivity contribution in [3.8, 4) is 0 Å². The summed E-state index contributed by atoms with van der Waals surface area (Å²) in [7, 11) is 0. The van der Waals surface area contributed by atoms with Crippen molar-refractivity contribution in [1.29, 1.82) is 0 Å². The van der Waals surface area contributed by atoms with Crippen molar-refractivity contribution in [2.45, 2.75) is 32.7 Å². The number of benzene rings is 1. The first-order chi connectivity index (χ1) is 9.06. The van der Waals surface area contributed by atoms with Gasteiger partial charge in [-0.25, -0.2) is 13.8 Å². The Kier molecular flexibility index (Phi) is 4.42. The fourth-order valence-corrected chi connectivity index (χ4v) is 2.20. The van der Waals surface area contributed by atoms with Crippen molar-refractivity contribution in [1.82, 2.24) is 9.36 Å². The average molecular weight is 283 g/mol. The lowest BCUT2D eigenvalue weighted by molar-refractivity contribution is 0.151. The van der Waals surface area contributed by atoms with Gasteiger partial charge in [-0.05, 0) is 5.56 Å². The van der Waals surface area contributed by atoms with E-state index in [9.17, 15) is 8.78 Å². The molecule has 0 atom stereocenters. The first kappa shape index (κ1) is 13.9. The summed E-state index contributed by atoms with van der Waals surface area (Å²) in [5.41, 5.74) is 0.979. The van der Waals surface area contributed by atoms with Gasteiger partial charge in [-0.2, -0.15) is 4.37 Å². The largest absolute Gasteiger partial charge is 0.356 e. The molecule has 1 aromatic carbocycles. The number of alkyl halides is 2. The third kappa shape index (κ3) is 3.70. The normalized spacial score (nSPS) is 11.3. The van der Waals surface area contributed by atoms with Crippen molar-refractivity contribution >= 4 is 16.7 Å². The topological polar surface area (TPSA) is 37.8 Å². The summed E-state index contributed by atoms with van der Waals surface area (Å²) < 4.78 is 29.0. The van der Waals surface area contributed by atoms with Crippen molar-refractivity contribution in [3.63, 3.8) is 0 Å². The van der Waals surface area contributed by atoms with Crippen LogP contribution in [-0.4, -0.2) is 9.36 Å². The lowest BCUT2D eigenvalue weighted by Gasteiger charge is -2.04. The van der Waals surface area contributed by atoms with Crippen molar-refractivity contribution < 1.29 is 8.78 Å². The number of rotatable bonds is 5. The average Bonchev–Trinajstić information content (AvgIpc) is 2.86. The second-order valence-corrected chi connectivity index (χ2v) is 5.26. The van der Waals surface area contributed by atoms with E-state index in [-0.39, 0.29) is 5.56 Å². The van der Waals surface area contributed by atoms with Crippen LogP contribution in [0, 0.1) is 0 Å². The molecule has 0 saturated carbocycles. The van der Waals surface area contributed by atoms with Gasteiger partial charge in [0.05, 0.1) is 0 Å². The Morgan fingerprint density at radius 1 is 1.21 bits per heavy atom. The molecule has 0 aliphatic rings. The molecule has 3 nitrogen and oxygen atoms in total. The summed E-state index contributed by atoms with van der Waals surface area (Å²) >= 11 is 1.31. The highest BCUT2D eigenvalue weighted by Crippen LogP contribution is 2.20. The van der Waals surface area contributed by atoms with E-state index in [1.807, 2.05) is 13.8 Å². The van der Waals surface area contributed by atoms with Gasteiger partial charge >= 0.3 is 0 Å². The number of nitrogens with one attached hydrogen (secondary N) is 1. The van der Waals surface area contributed by atoms with Gasteiger partial charge in [0, 0.05) is 29.6 Å². The summed E-state index contributed by atoms with van der Waals surface area (Å²) in [6.07, 6.45) is -2.42. The van der Waals surface area contributed by atoms with Crippen LogP contribution in [-0.2, 0) is 6.54 Å². The van der Waals surface area contributed by atoms with Gasteiger partial charge in [-0.15, -0.1) is 0 Å². The number of halogens is 2. The Balaban J connectivity index is 1.94. The van der Waals surface area contributed by atoms with Gasteiger partial charge in [0.15, 0.2) is 0 Å². The van der Waals surface area contributed by atoms with E-state index in [1.54, 1.807) is 12.1 Å². The number of hydrogen-bond donors (Lipinski definition) is 1. The Hall–Kier alpha value is -1.56. The van der Waals surface area contributed by atoms with Crippen LogP contribution in [0.2, 0.25) is 0 Å². The lowest BCUT2D eigenvalue weighted by atomic mass is 10.1. The van der Waals surface area contributed by atoms with E-state index in [1.165, 1.54) is 23.7 Å². The Morgan fingerprint density at radius 2 is 1.89 bits per heavy atom. The summed E-state index contributed by atoms with van der Waals surface area (Å²) in [5, 5.41) is 3.89. The Morgan fingerprint density at radius 3 is 2.42 bits per heavy atom. The van der Waals surface area contributed by atoms with E-state index >= 15 is 0 Å². The highest BCUT2D eigenvalue weighted by molar-refractivity contribution is 7.09. The quantitative estimate of drug-likeness (QED) is 0.893. The first-order valence-corrected chi connectivity index (χ1v) is 6.78. The summed E-state index contributed by atoms with van der Waals surface area (Å²) in [6.45, 7) is 4.63. The van der Waals surface area contributed by atoms with Crippen LogP contribution in [0.5, 0.6) is 0 Å². The van der Waals surface area contributed by atoms with Gasteiger partial charge in [0.25, 0.3) is 6.43 Å². The van der Waals surface area contributed by atoms with Crippen LogP contribution < -0.4 is 5.32 Å². The van der Waals surface area contributed by atoms with Gasteiger partial charge in [0.1, 0.15) is 5.82 Å².